The molecule has 3 aromatic rings. The fourth-order valence-corrected chi connectivity index (χ4v) is 4.95. The lowest BCUT2D eigenvalue weighted by Gasteiger charge is -2.22. The third-order valence-electron chi connectivity index (χ3n) is 5.44. The van der Waals surface area contributed by atoms with Crippen molar-refractivity contribution in [1.29, 1.82) is 0 Å². The van der Waals surface area contributed by atoms with Gasteiger partial charge in [-0.15, -0.1) is 0 Å². The number of carbonyl (C=O) groups excluding carboxylic acids is 2. The Hall–Kier alpha value is -3.19. The first-order valence-corrected chi connectivity index (χ1v) is 12.7. The van der Waals surface area contributed by atoms with Crippen LogP contribution in [0.2, 0.25) is 0 Å². The zero-order valence-corrected chi connectivity index (χ0v) is 19.8. The van der Waals surface area contributed by atoms with Crippen molar-refractivity contribution in [3.8, 4) is 0 Å². The van der Waals surface area contributed by atoms with Crippen LogP contribution in [0.1, 0.15) is 25.8 Å². The van der Waals surface area contributed by atoms with Crippen LogP contribution in [-0.2, 0) is 25.8 Å². The highest BCUT2D eigenvalue weighted by Gasteiger charge is 2.24. The molecule has 2 amide bonds. The van der Waals surface area contributed by atoms with E-state index >= 15 is 0 Å². The molecule has 1 atom stereocenters. The summed E-state index contributed by atoms with van der Waals surface area (Å²) in [5.74, 6) is -0.712. The molecule has 0 heterocycles. The highest BCUT2D eigenvalue weighted by Crippen LogP contribution is 2.16. The van der Waals surface area contributed by atoms with Crippen molar-refractivity contribution in [3.63, 3.8) is 0 Å². The lowest BCUT2D eigenvalue weighted by molar-refractivity contribution is -0.129. The molecule has 0 aliphatic carbocycles. The smallest absolute Gasteiger partial charge is 0.242 e. The van der Waals surface area contributed by atoms with Gasteiger partial charge in [0.15, 0.2) is 9.84 Å². The number of carbonyl (C=O) groups is 2. The molecule has 0 aromatic heterocycles. The highest BCUT2D eigenvalue weighted by molar-refractivity contribution is 7.91. The molecule has 6 nitrogen and oxygen atoms in total. The summed E-state index contributed by atoms with van der Waals surface area (Å²) < 4.78 is 24.7. The summed E-state index contributed by atoms with van der Waals surface area (Å²) in [5, 5.41) is 7.76. The summed E-state index contributed by atoms with van der Waals surface area (Å²) in [5.41, 5.74) is 0.875. The van der Waals surface area contributed by atoms with Gasteiger partial charge in [-0.2, -0.15) is 0 Å². The Morgan fingerprint density at radius 1 is 0.879 bits per heavy atom. The molecule has 0 fully saturated rings. The molecule has 7 heteroatoms. The largest absolute Gasteiger partial charge is 0.354 e. The van der Waals surface area contributed by atoms with E-state index in [9.17, 15) is 18.0 Å². The second kappa shape index (κ2) is 11.1. The van der Waals surface area contributed by atoms with Crippen molar-refractivity contribution in [2.75, 3.05) is 12.3 Å². The molecule has 0 spiro atoms. The van der Waals surface area contributed by atoms with Gasteiger partial charge in [0.25, 0.3) is 0 Å². The summed E-state index contributed by atoms with van der Waals surface area (Å²) in [6.45, 7) is 3.94. The molecule has 0 radical (unpaired) electrons. The maximum Gasteiger partial charge on any atom is 0.242 e. The average Bonchev–Trinajstić information content (AvgIpc) is 2.80. The van der Waals surface area contributed by atoms with E-state index in [2.05, 4.69) is 10.6 Å². The minimum atomic E-state index is -3.39. The molecule has 0 saturated carbocycles. The summed E-state index contributed by atoms with van der Waals surface area (Å²) in [4.78, 5) is 25.6. The number of amides is 2. The topological polar surface area (TPSA) is 92.3 Å². The second-order valence-electron chi connectivity index (χ2n) is 8.42. The monoisotopic (exact) mass is 466 g/mol. The molecule has 0 aliphatic heterocycles. The van der Waals surface area contributed by atoms with E-state index in [1.807, 2.05) is 56.3 Å². The van der Waals surface area contributed by atoms with Crippen molar-refractivity contribution in [1.82, 2.24) is 10.6 Å². The van der Waals surface area contributed by atoms with Crippen LogP contribution < -0.4 is 10.6 Å². The first kappa shape index (κ1) is 24.5. The van der Waals surface area contributed by atoms with Crippen molar-refractivity contribution in [3.05, 3.63) is 78.4 Å². The van der Waals surface area contributed by atoms with Gasteiger partial charge in [0.05, 0.1) is 17.1 Å². The molecule has 1 unspecified atom stereocenters. The van der Waals surface area contributed by atoms with Gasteiger partial charge in [-0.3, -0.25) is 9.59 Å². The van der Waals surface area contributed by atoms with E-state index in [1.165, 1.54) is 0 Å². The minimum absolute atomic E-state index is 0.0576. The normalized spacial score (nSPS) is 12.5. The van der Waals surface area contributed by atoms with E-state index in [0.29, 0.717) is 6.42 Å². The van der Waals surface area contributed by atoms with Crippen molar-refractivity contribution in [2.24, 2.45) is 5.92 Å². The fraction of sp³-hybridized carbons (Fsp3) is 0.308. The number of nitrogens with one attached hydrogen (secondary N) is 2. The second-order valence-corrected chi connectivity index (χ2v) is 10.5. The van der Waals surface area contributed by atoms with E-state index in [1.54, 1.807) is 30.3 Å². The number of hydrogen-bond donors (Lipinski definition) is 2. The molecular weight excluding hydrogens is 436 g/mol. The van der Waals surface area contributed by atoms with E-state index in [0.717, 1.165) is 16.3 Å². The Morgan fingerprint density at radius 2 is 1.55 bits per heavy atom. The Balaban J connectivity index is 1.51. The van der Waals surface area contributed by atoms with Gasteiger partial charge in [-0.25, -0.2) is 8.42 Å². The quantitative estimate of drug-likeness (QED) is 0.447. The maximum absolute atomic E-state index is 12.7. The van der Waals surface area contributed by atoms with Crippen LogP contribution in [0, 0.1) is 5.92 Å². The van der Waals surface area contributed by atoms with Gasteiger partial charge in [-0.05, 0) is 40.8 Å². The number of rotatable bonds is 10. The first-order chi connectivity index (χ1) is 15.8. The predicted molar refractivity (Wildman–Crippen MR) is 131 cm³/mol. The zero-order valence-electron chi connectivity index (χ0n) is 19.0. The molecule has 33 heavy (non-hydrogen) atoms. The van der Waals surface area contributed by atoms with Crippen LogP contribution in [0.25, 0.3) is 10.8 Å². The molecule has 2 N–H and O–H groups in total. The SMILES string of the molecule is CC(C)C(NC(=O)Cc1ccc2ccccc2c1)C(=O)NCCCS(=O)(=O)c1ccccc1. The Kier molecular flexibility index (Phi) is 8.22. The fourth-order valence-electron chi connectivity index (χ4n) is 3.62. The van der Waals surface area contributed by atoms with Gasteiger partial charge >= 0.3 is 0 Å². The van der Waals surface area contributed by atoms with E-state index in [4.69, 9.17) is 0 Å². The van der Waals surface area contributed by atoms with Gasteiger partial charge in [-0.1, -0.05) is 74.5 Å². The zero-order chi connectivity index (χ0) is 23.8. The average molecular weight is 467 g/mol. The molecule has 174 valence electrons. The first-order valence-electron chi connectivity index (χ1n) is 11.1. The molecule has 0 aliphatic rings. The summed E-state index contributed by atoms with van der Waals surface area (Å²) in [6, 6.07) is 21.4. The molecule has 0 saturated heterocycles. The number of hydrogen-bond acceptors (Lipinski definition) is 4. The van der Waals surface area contributed by atoms with Gasteiger partial charge in [0.2, 0.25) is 11.8 Å². The van der Waals surface area contributed by atoms with Gasteiger partial charge in [0, 0.05) is 6.54 Å². The Morgan fingerprint density at radius 3 is 2.24 bits per heavy atom. The number of benzene rings is 3. The van der Waals surface area contributed by atoms with Crippen LogP contribution >= 0.6 is 0 Å². The van der Waals surface area contributed by atoms with Crippen molar-refractivity contribution in [2.45, 2.75) is 37.6 Å². The molecule has 3 aromatic carbocycles. The standard InChI is InChI=1S/C26H30N2O4S/c1-19(2)25(26(30)27-15-8-16-33(31,32)23-11-4-3-5-12-23)28-24(29)18-20-13-14-21-9-6-7-10-22(21)17-20/h3-7,9-14,17,19,25H,8,15-16,18H2,1-2H3,(H,27,30)(H,28,29). The van der Waals surface area contributed by atoms with Gasteiger partial charge in [0.1, 0.15) is 6.04 Å². The third-order valence-corrected chi connectivity index (χ3v) is 7.25. The maximum atomic E-state index is 12.7. The third kappa shape index (κ3) is 6.89. The summed E-state index contributed by atoms with van der Waals surface area (Å²) >= 11 is 0. The van der Waals surface area contributed by atoms with Crippen LogP contribution in [0.4, 0.5) is 0 Å². The number of fused-ring (bicyclic) bond motifs is 1. The van der Waals surface area contributed by atoms with Crippen molar-refractivity contribution >= 4 is 32.4 Å². The molecule has 0 bridgehead atoms. The lowest BCUT2D eigenvalue weighted by atomic mass is 10.0. The molecule has 3 rings (SSSR count). The molecular formula is C26H30N2O4S. The van der Waals surface area contributed by atoms with Crippen LogP contribution in [0.5, 0.6) is 0 Å². The Labute approximate surface area is 195 Å². The van der Waals surface area contributed by atoms with Gasteiger partial charge < -0.3 is 10.6 Å². The van der Waals surface area contributed by atoms with Crippen LogP contribution in [-0.4, -0.2) is 38.6 Å². The van der Waals surface area contributed by atoms with Crippen molar-refractivity contribution < 1.29 is 18.0 Å². The highest BCUT2D eigenvalue weighted by atomic mass is 32.2. The van der Waals surface area contributed by atoms with Crippen LogP contribution in [0.15, 0.2) is 77.7 Å². The van der Waals surface area contributed by atoms with Crippen LogP contribution in [0.3, 0.4) is 0 Å². The predicted octanol–water partition coefficient (Wildman–Crippen LogP) is 3.50. The summed E-state index contributed by atoms with van der Waals surface area (Å²) in [6.07, 6.45) is 0.468. The Bertz CT molecular complexity index is 1210. The number of sulfone groups is 1. The minimum Gasteiger partial charge on any atom is -0.354 e. The lowest BCUT2D eigenvalue weighted by Crippen LogP contribution is -2.50. The summed E-state index contributed by atoms with van der Waals surface area (Å²) in [7, 11) is -3.39. The van der Waals surface area contributed by atoms with E-state index in [-0.39, 0.29) is 41.3 Å². The van der Waals surface area contributed by atoms with E-state index < -0.39 is 15.9 Å².